The molecule has 0 saturated heterocycles. The largest absolute Gasteiger partial charge is 0.309 e. The number of hydrogen-bond donors (Lipinski definition) is 0. The fourth-order valence-electron chi connectivity index (χ4n) is 6.25. The molecule has 5 heteroatoms. The van der Waals surface area contributed by atoms with Gasteiger partial charge in [-0.2, -0.15) is 0 Å². The van der Waals surface area contributed by atoms with E-state index in [1.807, 2.05) is 6.07 Å². The van der Waals surface area contributed by atoms with Gasteiger partial charge in [0.05, 0.1) is 15.9 Å². The van der Waals surface area contributed by atoms with Crippen LogP contribution in [0.25, 0.3) is 82.2 Å². The van der Waals surface area contributed by atoms with Crippen molar-refractivity contribution in [3.63, 3.8) is 0 Å². The van der Waals surface area contributed by atoms with Gasteiger partial charge in [-0.3, -0.25) is 0 Å². The van der Waals surface area contributed by atoms with Crippen LogP contribution in [0.1, 0.15) is 0 Å². The number of aromatic nitrogens is 4. The van der Waals surface area contributed by atoms with Crippen molar-refractivity contribution >= 4 is 43.2 Å². The molecule has 6 aromatic carbocycles. The summed E-state index contributed by atoms with van der Waals surface area (Å²) >= 11 is 1.71. The van der Waals surface area contributed by atoms with E-state index in [4.69, 9.17) is 15.0 Å². The van der Waals surface area contributed by atoms with Crippen LogP contribution in [0.3, 0.4) is 0 Å². The van der Waals surface area contributed by atoms with Gasteiger partial charge in [-0.05, 0) is 65.0 Å². The molecule has 4 nitrogen and oxygen atoms in total. The van der Waals surface area contributed by atoms with Crippen molar-refractivity contribution in [2.45, 2.75) is 0 Å². The standard InChI is InChI=1S/C41H26N4S/c1-3-11-27(12-4-1)28-19-21-29(22-20-28)39-42-40(44-41(43-39)38-26-30-13-7-10-18-37(30)46-38)31-23-24-36-34(25-31)33-16-8-9-17-35(33)45(36)32-14-5-2-6-15-32/h1-26H. The first kappa shape index (κ1) is 26.5. The van der Waals surface area contributed by atoms with E-state index in [1.165, 1.54) is 26.6 Å². The average Bonchev–Trinajstić information content (AvgIpc) is 3.72. The minimum Gasteiger partial charge on any atom is -0.309 e. The summed E-state index contributed by atoms with van der Waals surface area (Å²) < 4.78 is 3.54. The van der Waals surface area contributed by atoms with Gasteiger partial charge in [-0.15, -0.1) is 11.3 Å². The van der Waals surface area contributed by atoms with Crippen LogP contribution in [0, 0.1) is 0 Å². The zero-order valence-electron chi connectivity index (χ0n) is 24.7. The van der Waals surface area contributed by atoms with Crippen molar-refractivity contribution < 1.29 is 0 Å². The van der Waals surface area contributed by atoms with E-state index in [-0.39, 0.29) is 0 Å². The molecule has 9 aromatic rings. The molecule has 0 spiro atoms. The van der Waals surface area contributed by atoms with Gasteiger partial charge in [0.1, 0.15) is 0 Å². The molecule has 46 heavy (non-hydrogen) atoms. The quantitative estimate of drug-likeness (QED) is 0.196. The predicted molar refractivity (Wildman–Crippen MR) is 191 cm³/mol. The Balaban J connectivity index is 1.22. The Kier molecular flexibility index (Phi) is 6.28. The minimum atomic E-state index is 0.656. The van der Waals surface area contributed by atoms with E-state index in [9.17, 15) is 0 Å². The number of benzene rings is 6. The molecule has 0 fully saturated rings. The molecule has 0 unspecified atom stereocenters. The van der Waals surface area contributed by atoms with Crippen LogP contribution in [-0.4, -0.2) is 19.5 Å². The van der Waals surface area contributed by atoms with Crippen LogP contribution in [-0.2, 0) is 0 Å². The van der Waals surface area contributed by atoms with E-state index in [0.29, 0.717) is 17.5 Å². The minimum absolute atomic E-state index is 0.656. The summed E-state index contributed by atoms with van der Waals surface area (Å²) in [6.07, 6.45) is 0. The fourth-order valence-corrected chi connectivity index (χ4v) is 7.24. The van der Waals surface area contributed by atoms with E-state index in [1.54, 1.807) is 11.3 Å². The molecule has 3 heterocycles. The van der Waals surface area contributed by atoms with Crippen molar-refractivity contribution in [1.82, 2.24) is 19.5 Å². The molecular weight excluding hydrogens is 581 g/mol. The molecule has 0 N–H and O–H groups in total. The SMILES string of the molecule is c1ccc(-c2ccc(-c3nc(-c4ccc5c(c4)c4ccccc4n5-c4ccccc4)nc(-c4cc5ccccc5s4)n3)cc2)cc1. The lowest BCUT2D eigenvalue weighted by Gasteiger charge is -2.09. The Labute approximate surface area is 269 Å². The van der Waals surface area contributed by atoms with E-state index in [2.05, 4.69) is 156 Å². The van der Waals surface area contributed by atoms with Crippen molar-refractivity contribution in [3.05, 3.63) is 158 Å². The maximum atomic E-state index is 5.09. The van der Waals surface area contributed by atoms with Gasteiger partial charge in [0, 0.05) is 32.3 Å². The summed E-state index contributed by atoms with van der Waals surface area (Å²) in [7, 11) is 0. The maximum Gasteiger partial charge on any atom is 0.174 e. The Hall–Kier alpha value is -5.91. The summed E-state index contributed by atoms with van der Waals surface area (Å²) in [6, 6.07) is 55.1. The average molecular weight is 607 g/mol. The monoisotopic (exact) mass is 606 g/mol. The molecule has 0 amide bonds. The van der Waals surface area contributed by atoms with Crippen LogP contribution in [0.4, 0.5) is 0 Å². The molecule has 0 aliphatic rings. The van der Waals surface area contributed by atoms with Crippen molar-refractivity contribution in [2.24, 2.45) is 0 Å². The highest BCUT2D eigenvalue weighted by molar-refractivity contribution is 7.22. The topological polar surface area (TPSA) is 43.6 Å². The van der Waals surface area contributed by atoms with Gasteiger partial charge in [0.25, 0.3) is 0 Å². The lowest BCUT2D eigenvalue weighted by Crippen LogP contribution is -1.99. The van der Waals surface area contributed by atoms with Crippen LogP contribution in [0.15, 0.2) is 158 Å². The van der Waals surface area contributed by atoms with Gasteiger partial charge in [0.15, 0.2) is 17.5 Å². The lowest BCUT2D eigenvalue weighted by molar-refractivity contribution is 1.08. The van der Waals surface area contributed by atoms with Crippen LogP contribution in [0.2, 0.25) is 0 Å². The highest BCUT2D eigenvalue weighted by atomic mass is 32.1. The predicted octanol–water partition coefficient (Wildman–Crippen LogP) is 10.9. The number of fused-ring (bicyclic) bond motifs is 4. The summed E-state index contributed by atoms with van der Waals surface area (Å²) in [6.45, 7) is 0. The van der Waals surface area contributed by atoms with Crippen molar-refractivity contribution in [2.75, 3.05) is 0 Å². The summed E-state index contributed by atoms with van der Waals surface area (Å²) in [4.78, 5) is 16.2. The smallest absolute Gasteiger partial charge is 0.174 e. The number of thiophene rings is 1. The Morgan fingerprint density at radius 3 is 1.80 bits per heavy atom. The molecule has 9 rings (SSSR count). The van der Waals surface area contributed by atoms with E-state index in [0.717, 1.165) is 38.2 Å². The van der Waals surface area contributed by atoms with Crippen LogP contribution in [0.5, 0.6) is 0 Å². The third-order valence-electron chi connectivity index (χ3n) is 8.48. The fraction of sp³-hybridized carbons (Fsp3) is 0. The molecule has 0 saturated carbocycles. The Bertz CT molecular complexity index is 2480. The molecule has 216 valence electrons. The molecule has 0 aliphatic carbocycles. The molecule has 3 aromatic heterocycles. The van der Waals surface area contributed by atoms with Gasteiger partial charge in [-0.1, -0.05) is 109 Å². The first-order chi connectivity index (χ1) is 22.8. The second-order valence-corrected chi connectivity index (χ2v) is 12.4. The third kappa shape index (κ3) is 4.57. The number of rotatable bonds is 5. The van der Waals surface area contributed by atoms with Crippen molar-refractivity contribution in [3.8, 4) is 50.3 Å². The van der Waals surface area contributed by atoms with Crippen LogP contribution < -0.4 is 0 Å². The highest BCUT2D eigenvalue weighted by Crippen LogP contribution is 2.37. The Morgan fingerprint density at radius 1 is 0.413 bits per heavy atom. The van der Waals surface area contributed by atoms with Gasteiger partial charge in [-0.25, -0.2) is 15.0 Å². The maximum absolute atomic E-state index is 5.09. The summed E-state index contributed by atoms with van der Waals surface area (Å²) in [5.74, 6) is 1.99. The van der Waals surface area contributed by atoms with Gasteiger partial charge < -0.3 is 4.57 Å². The van der Waals surface area contributed by atoms with Gasteiger partial charge >= 0.3 is 0 Å². The second-order valence-electron chi connectivity index (χ2n) is 11.3. The number of hydrogen-bond acceptors (Lipinski definition) is 4. The number of nitrogens with zero attached hydrogens (tertiary/aromatic N) is 4. The second kappa shape index (κ2) is 10.9. The number of para-hydroxylation sites is 2. The van der Waals surface area contributed by atoms with Crippen LogP contribution >= 0.6 is 11.3 Å². The zero-order valence-corrected chi connectivity index (χ0v) is 25.5. The first-order valence-electron chi connectivity index (χ1n) is 15.3. The molecule has 0 bridgehead atoms. The highest BCUT2D eigenvalue weighted by Gasteiger charge is 2.17. The Morgan fingerprint density at radius 2 is 1.00 bits per heavy atom. The lowest BCUT2D eigenvalue weighted by atomic mass is 10.0. The molecule has 0 radical (unpaired) electrons. The van der Waals surface area contributed by atoms with Gasteiger partial charge in [0.2, 0.25) is 0 Å². The molecule has 0 atom stereocenters. The van der Waals surface area contributed by atoms with Crippen molar-refractivity contribution in [1.29, 1.82) is 0 Å². The zero-order chi connectivity index (χ0) is 30.5. The van der Waals surface area contributed by atoms with E-state index >= 15 is 0 Å². The molecule has 0 aliphatic heterocycles. The molecular formula is C41H26N4S. The van der Waals surface area contributed by atoms with E-state index < -0.39 is 0 Å². The summed E-state index contributed by atoms with van der Waals surface area (Å²) in [5.41, 5.74) is 7.69. The third-order valence-corrected chi connectivity index (χ3v) is 9.59. The first-order valence-corrected chi connectivity index (χ1v) is 16.1. The summed E-state index contributed by atoms with van der Waals surface area (Å²) in [5, 5.41) is 3.54. The normalized spacial score (nSPS) is 11.5.